The molecule has 1 aliphatic rings. The Kier molecular flexibility index (Phi) is 5.95. The summed E-state index contributed by atoms with van der Waals surface area (Å²) in [6.07, 6.45) is 6.87. The van der Waals surface area contributed by atoms with E-state index in [4.69, 9.17) is 5.73 Å². The van der Waals surface area contributed by atoms with Crippen LogP contribution < -0.4 is 16.4 Å². The Hall–Kier alpha value is -1.88. The fraction of sp³-hybridized carbons (Fsp3) is 0.529. The molecule has 1 unspecified atom stereocenters. The SMILES string of the molecule is CNC(=O)c1cccc(NC(=O)C(N)CC2CCCCC2)c1. The van der Waals surface area contributed by atoms with E-state index in [9.17, 15) is 9.59 Å². The van der Waals surface area contributed by atoms with Gasteiger partial charge in [0.05, 0.1) is 6.04 Å². The van der Waals surface area contributed by atoms with Crippen molar-refractivity contribution in [3.8, 4) is 0 Å². The molecule has 1 atom stereocenters. The van der Waals surface area contributed by atoms with Crippen molar-refractivity contribution in [2.75, 3.05) is 12.4 Å². The van der Waals surface area contributed by atoms with Crippen LogP contribution in [-0.4, -0.2) is 24.9 Å². The summed E-state index contributed by atoms with van der Waals surface area (Å²) in [5, 5.41) is 5.37. The van der Waals surface area contributed by atoms with Gasteiger partial charge in [0.1, 0.15) is 0 Å². The summed E-state index contributed by atoms with van der Waals surface area (Å²) in [6, 6.07) is 6.37. The minimum Gasteiger partial charge on any atom is -0.355 e. The van der Waals surface area contributed by atoms with Gasteiger partial charge in [-0.25, -0.2) is 0 Å². The molecule has 0 aromatic heterocycles. The molecule has 0 spiro atoms. The highest BCUT2D eigenvalue weighted by Crippen LogP contribution is 2.27. The minimum absolute atomic E-state index is 0.178. The smallest absolute Gasteiger partial charge is 0.251 e. The lowest BCUT2D eigenvalue weighted by Crippen LogP contribution is -2.37. The molecule has 1 aliphatic carbocycles. The molecule has 0 radical (unpaired) electrons. The number of hydrogen-bond acceptors (Lipinski definition) is 3. The summed E-state index contributed by atoms with van der Waals surface area (Å²) in [7, 11) is 1.58. The van der Waals surface area contributed by atoms with E-state index in [1.165, 1.54) is 32.1 Å². The van der Waals surface area contributed by atoms with E-state index in [-0.39, 0.29) is 11.8 Å². The highest BCUT2D eigenvalue weighted by atomic mass is 16.2. The van der Waals surface area contributed by atoms with Crippen LogP contribution >= 0.6 is 0 Å². The Morgan fingerprint density at radius 2 is 2.00 bits per heavy atom. The largest absolute Gasteiger partial charge is 0.355 e. The van der Waals surface area contributed by atoms with Crippen LogP contribution in [0.1, 0.15) is 48.9 Å². The van der Waals surface area contributed by atoms with Crippen LogP contribution in [0.4, 0.5) is 5.69 Å². The van der Waals surface area contributed by atoms with E-state index < -0.39 is 6.04 Å². The lowest BCUT2D eigenvalue weighted by atomic mass is 9.85. The number of rotatable bonds is 5. The average molecular weight is 303 g/mol. The standard InChI is InChI=1S/C17H25N3O2/c1-19-16(21)13-8-5-9-14(11-13)20-17(22)15(18)10-12-6-3-2-4-7-12/h5,8-9,11-12,15H,2-4,6-7,10,18H2,1H3,(H,19,21)(H,20,22). The van der Waals surface area contributed by atoms with Crippen LogP contribution in [0.2, 0.25) is 0 Å². The van der Waals surface area contributed by atoms with Gasteiger partial charge in [0.25, 0.3) is 5.91 Å². The zero-order chi connectivity index (χ0) is 15.9. The van der Waals surface area contributed by atoms with Gasteiger partial charge in [-0.1, -0.05) is 38.2 Å². The summed E-state index contributed by atoms with van der Waals surface area (Å²) < 4.78 is 0. The van der Waals surface area contributed by atoms with Gasteiger partial charge in [-0.2, -0.15) is 0 Å². The van der Waals surface area contributed by atoms with Crippen LogP contribution in [0.15, 0.2) is 24.3 Å². The van der Waals surface area contributed by atoms with Crippen molar-refractivity contribution in [2.45, 2.75) is 44.6 Å². The first-order chi connectivity index (χ1) is 10.6. The second-order valence-corrected chi connectivity index (χ2v) is 6.00. The third-order valence-electron chi connectivity index (χ3n) is 4.27. The number of hydrogen-bond donors (Lipinski definition) is 3. The van der Waals surface area contributed by atoms with Gasteiger partial charge < -0.3 is 16.4 Å². The second-order valence-electron chi connectivity index (χ2n) is 6.00. The van der Waals surface area contributed by atoms with E-state index in [1.54, 1.807) is 31.3 Å². The molecule has 5 nitrogen and oxygen atoms in total. The van der Waals surface area contributed by atoms with Gasteiger partial charge in [0.2, 0.25) is 5.91 Å². The normalized spacial score (nSPS) is 16.8. The van der Waals surface area contributed by atoms with Gasteiger partial charge in [-0.05, 0) is 30.5 Å². The number of amides is 2. The molecule has 0 heterocycles. The van der Waals surface area contributed by atoms with Crippen LogP contribution in [0.5, 0.6) is 0 Å². The molecule has 22 heavy (non-hydrogen) atoms. The maximum atomic E-state index is 12.2. The molecule has 1 fully saturated rings. The highest BCUT2D eigenvalue weighted by Gasteiger charge is 2.21. The maximum Gasteiger partial charge on any atom is 0.251 e. The second kappa shape index (κ2) is 7.94. The first-order valence-electron chi connectivity index (χ1n) is 7.98. The Balaban J connectivity index is 1.91. The molecule has 1 aromatic carbocycles. The lowest BCUT2D eigenvalue weighted by molar-refractivity contribution is -0.117. The molecular formula is C17H25N3O2. The summed E-state index contributed by atoms with van der Waals surface area (Å²) in [4.78, 5) is 23.8. The van der Waals surface area contributed by atoms with Crippen molar-refractivity contribution in [1.82, 2.24) is 5.32 Å². The van der Waals surface area contributed by atoms with Crippen LogP contribution in [0.25, 0.3) is 0 Å². The fourth-order valence-electron chi connectivity index (χ4n) is 3.01. The van der Waals surface area contributed by atoms with Crippen molar-refractivity contribution in [1.29, 1.82) is 0 Å². The van der Waals surface area contributed by atoms with E-state index in [0.29, 0.717) is 17.2 Å². The van der Waals surface area contributed by atoms with Crippen molar-refractivity contribution in [3.05, 3.63) is 29.8 Å². The van der Waals surface area contributed by atoms with Crippen molar-refractivity contribution >= 4 is 17.5 Å². The van der Waals surface area contributed by atoms with Gasteiger partial charge in [-0.3, -0.25) is 9.59 Å². The van der Waals surface area contributed by atoms with Crippen molar-refractivity contribution in [3.63, 3.8) is 0 Å². The monoisotopic (exact) mass is 303 g/mol. The molecular weight excluding hydrogens is 278 g/mol. The minimum atomic E-state index is -0.494. The zero-order valence-electron chi connectivity index (χ0n) is 13.1. The quantitative estimate of drug-likeness (QED) is 0.780. The highest BCUT2D eigenvalue weighted by molar-refractivity contribution is 5.98. The predicted molar refractivity (Wildman–Crippen MR) is 87.6 cm³/mol. The van der Waals surface area contributed by atoms with E-state index in [0.717, 1.165) is 6.42 Å². The molecule has 4 N–H and O–H groups in total. The zero-order valence-corrected chi connectivity index (χ0v) is 13.1. The Morgan fingerprint density at radius 3 is 2.68 bits per heavy atom. The number of benzene rings is 1. The third kappa shape index (κ3) is 4.56. The molecule has 120 valence electrons. The lowest BCUT2D eigenvalue weighted by Gasteiger charge is -2.24. The van der Waals surface area contributed by atoms with Crippen LogP contribution in [-0.2, 0) is 4.79 Å². The number of anilines is 1. The Labute approximate surface area is 131 Å². The molecule has 0 saturated heterocycles. The van der Waals surface area contributed by atoms with E-state index >= 15 is 0 Å². The van der Waals surface area contributed by atoms with Crippen LogP contribution in [0, 0.1) is 5.92 Å². The molecule has 2 rings (SSSR count). The molecule has 0 bridgehead atoms. The fourth-order valence-corrected chi connectivity index (χ4v) is 3.01. The summed E-state index contributed by atoms with van der Waals surface area (Å²) >= 11 is 0. The van der Waals surface area contributed by atoms with Crippen molar-refractivity contribution in [2.24, 2.45) is 11.7 Å². The van der Waals surface area contributed by atoms with Crippen LogP contribution in [0.3, 0.4) is 0 Å². The summed E-state index contributed by atoms with van der Waals surface area (Å²) in [5.41, 5.74) is 7.15. The number of nitrogens with one attached hydrogen (secondary N) is 2. The number of carbonyl (C=O) groups is 2. The predicted octanol–water partition coefficient (Wildman–Crippen LogP) is 2.28. The molecule has 2 amide bonds. The first-order valence-corrected chi connectivity index (χ1v) is 7.98. The number of carbonyl (C=O) groups excluding carboxylic acids is 2. The van der Waals surface area contributed by atoms with Gasteiger partial charge in [0, 0.05) is 18.3 Å². The van der Waals surface area contributed by atoms with Gasteiger partial charge >= 0.3 is 0 Å². The molecule has 1 aromatic rings. The first kappa shape index (κ1) is 16.5. The Bertz CT molecular complexity index is 524. The van der Waals surface area contributed by atoms with Gasteiger partial charge in [0.15, 0.2) is 0 Å². The molecule has 1 saturated carbocycles. The molecule has 5 heteroatoms. The number of nitrogens with two attached hydrogens (primary N) is 1. The Morgan fingerprint density at radius 1 is 1.27 bits per heavy atom. The van der Waals surface area contributed by atoms with E-state index in [2.05, 4.69) is 10.6 Å². The summed E-state index contributed by atoms with van der Waals surface area (Å²) in [5.74, 6) is 0.203. The van der Waals surface area contributed by atoms with E-state index in [1.807, 2.05) is 0 Å². The van der Waals surface area contributed by atoms with Gasteiger partial charge in [-0.15, -0.1) is 0 Å². The van der Waals surface area contributed by atoms with Crippen molar-refractivity contribution < 1.29 is 9.59 Å². The maximum absolute atomic E-state index is 12.2. The average Bonchev–Trinajstić information content (AvgIpc) is 2.55. The topological polar surface area (TPSA) is 84.2 Å². The summed E-state index contributed by atoms with van der Waals surface area (Å²) in [6.45, 7) is 0. The third-order valence-corrected chi connectivity index (χ3v) is 4.27. The molecule has 0 aliphatic heterocycles.